The number of nitrogens with zero attached hydrogens (tertiary/aromatic N) is 3. The Morgan fingerprint density at radius 1 is 1.12 bits per heavy atom. The Hall–Kier alpha value is -1.44. The topological polar surface area (TPSA) is 87.1 Å². The molecule has 0 aromatic rings. The van der Waals surface area contributed by atoms with Gasteiger partial charge in [-0.15, -0.1) is 0 Å². The lowest BCUT2D eigenvalue weighted by atomic mass is 9.73. The largest absolute Gasteiger partial charge is 0.337 e. The number of rotatable bonds is 2. The van der Waals surface area contributed by atoms with Gasteiger partial charge >= 0.3 is 0 Å². The molecule has 2 amide bonds. The average Bonchev–Trinajstić information content (AvgIpc) is 3.19. The fraction of sp³-hybridized carbons (Fsp3) is 0.833. The first-order valence-electron chi connectivity index (χ1n) is 9.77. The van der Waals surface area contributed by atoms with Gasteiger partial charge in [-0.2, -0.15) is 5.10 Å². The van der Waals surface area contributed by atoms with Crippen LogP contribution in [0, 0.1) is 5.41 Å². The summed E-state index contributed by atoms with van der Waals surface area (Å²) in [5, 5.41) is 5.62. The molecule has 8 heteroatoms. The highest BCUT2D eigenvalue weighted by Gasteiger charge is 2.42. The third-order valence-electron chi connectivity index (χ3n) is 6.50. The molecule has 0 aromatic heterocycles. The van der Waals surface area contributed by atoms with Crippen molar-refractivity contribution in [3.8, 4) is 0 Å². The summed E-state index contributed by atoms with van der Waals surface area (Å²) in [5.74, 6) is -0.189. The van der Waals surface area contributed by atoms with Crippen molar-refractivity contribution in [3.63, 3.8) is 0 Å². The highest BCUT2D eigenvalue weighted by Crippen LogP contribution is 2.43. The van der Waals surface area contributed by atoms with Gasteiger partial charge in [0, 0.05) is 25.9 Å². The van der Waals surface area contributed by atoms with Gasteiger partial charge in [-0.3, -0.25) is 9.59 Å². The maximum Gasteiger partial charge on any atom is 0.270 e. The van der Waals surface area contributed by atoms with Crippen molar-refractivity contribution in [3.05, 3.63) is 0 Å². The molecule has 1 saturated carbocycles. The molecule has 3 heterocycles. The molecule has 144 valence electrons. The second-order valence-corrected chi connectivity index (χ2v) is 10.6. The molecule has 1 atom stereocenters. The Labute approximate surface area is 154 Å². The summed E-state index contributed by atoms with van der Waals surface area (Å²) in [5.41, 5.74) is 0.708. The first kappa shape index (κ1) is 17.9. The van der Waals surface area contributed by atoms with Crippen LogP contribution in [0.3, 0.4) is 0 Å². The highest BCUT2D eigenvalue weighted by molar-refractivity contribution is 7.91. The molecule has 26 heavy (non-hydrogen) atoms. The maximum absolute atomic E-state index is 13.0. The van der Waals surface area contributed by atoms with E-state index in [-0.39, 0.29) is 35.2 Å². The lowest BCUT2D eigenvalue weighted by Crippen LogP contribution is -2.45. The summed E-state index contributed by atoms with van der Waals surface area (Å²) in [6.45, 7) is 1.57. The smallest absolute Gasteiger partial charge is 0.270 e. The third-order valence-corrected chi connectivity index (χ3v) is 8.25. The molecule has 1 spiro atoms. The zero-order valence-electron chi connectivity index (χ0n) is 15.2. The van der Waals surface area contributed by atoms with E-state index in [0.717, 1.165) is 19.5 Å². The third kappa shape index (κ3) is 3.40. The normalized spacial score (nSPS) is 30.7. The van der Waals surface area contributed by atoms with Crippen molar-refractivity contribution in [2.24, 2.45) is 10.5 Å². The minimum absolute atomic E-state index is 0.0451. The van der Waals surface area contributed by atoms with E-state index in [9.17, 15) is 18.0 Å². The Balaban J connectivity index is 1.47. The molecule has 0 aromatic carbocycles. The van der Waals surface area contributed by atoms with Crippen molar-refractivity contribution >= 4 is 27.4 Å². The Kier molecular flexibility index (Phi) is 4.57. The van der Waals surface area contributed by atoms with E-state index in [1.54, 1.807) is 0 Å². The van der Waals surface area contributed by atoms with Crippen LogP contribution in [0.15, 0.2) is 5.10 Å². The van der Waals surface area contributed by atoms with Crippen molar-refractivity contribution < 1.29 is 18.0 Å². The minimum Gasteiger partial charge on any atom is -0.337 e. The van der Waals surface area contributed by atoms with E-state index in [4.69, 9.17) is 0 Å². The number of carbonyl (C=O) groups excluding carboxylic acids is 2. The standard InChI is InChI=1S/C18H27N3O4S/c22-16-5-4-15(19-21(16)14-6-11-26(24,25)12-14)17(23)20-10-9-18(13-20)7-2-1-3-8-18/h14H,1-13H2/t14-/m0/s1. The molecule has 4 aliphatic rings. The van der Waals surface area contributed by atoms with Crippen LogP contribution < -0.4 is 0 Å². The minimum atomic E-state index is -3.10. The average molecular weight is 381 g/mol. The molecule has 0 radical (unpaired) electrons. The number of carbonyl (C=O) groups is 2. The van der Waals surface area contributed by atoms with Crippen LogP contribution >= 0.6 is 0 Å². The van der Waals surface area contributed by atoms with Gasteiger partial charge < -0.3 is 4.90 Å². The van der Waals surface area contributed by atoms with Gasteiger partial charge in [0.1, 0.15) is 5.71 Å². The Bertz CT molecular complexity index is 740. The second-order valence-electron chi connectivity index (χ2n) is 8.38. The number of hydrazone groups is 1. The van der Waals surface area contributed by atoms with Crippen LogP contribution in [0.4, 0.5) is 0 Å². The molecular weight excluding hydrogens is 354 g/mol. The molecule has 3 aliphatic heterocycles. The van der Waals surface area contributed by atoms with Crippen LogP contribution in [-0.2, 0) is 19.4 Å². The van der Waals surface area contributed by atoms with Crippen LogP contribution in [0.5, 0.6) is 0 Å². The predicted molar refractivity (Wildman–Crippen MR) is 97.3 cm³/mol. The van der Waals surface area contributed by atoms with Gasteiger partial charge in [-0.25, -0.2) is 13.4 Å². The van der Waals surface area contributed by atoms with Crippen molar-refractivity contribution in [2.45, 2.75) is 63.8 Å². The number of hydrogen-bond acceptors (Lipinski definition) is 5. The molecule has 0 unspecified atom stereocenters. The zero-order valence-corrected chi connectivity index (χ0v) is 16.0. The van der Waals surface area contributed by atoms with E-state index in [1.165, 1.54) is 37.1 Å². The van der Waals surface area contributed by atoms with E-state index in [2.05, 4.69) is 5.10 Å². The second kappa shape index (κ2) is 6.62. The van der Waals surface area contributed by atoms with Crippen LogP contribution in [-0.4, -0.2) is 66.5 Å². The summed E-state index contributed by atoms with van der Waals surface area (Å²) in [7, 11) is -3.10. The van der Waals surface area contributed by atoms with E-state index >= 15 is 0 Å². The fourth-order valence-electron chi connectivity index (χ4n) is 4.98. The summed E-state index contributed by atoms with van der Waals surface area (Å²) in [6.07, 6.45) is 8.27. The van der Waals surface area contributed by atoms with Crippen molar-refractivity contribution in [2.75, 3.05) is 24.6 Å². The number of hydrogen-bond donors (Lipinski definition) is 0. The number of sulfone groups is 1. The molecule has 4 rings (SSSR count). The van der Waals surface area contributed by atoms with Crippen LogP contribution in [0.1, 0.15) is 57.8 Å². The summed E-state index contributed by atoms with van der Waals surface area (Å²) in [6, 6.07) is -0.418. The van der Waals surface area contributed by atoms with E-state index < -0.39 is 15.9 Å². The lowest BCUT2D eigenvalue weighted by molar-refractivity contribution is -0.134. The quantitative estimate of drug-likeness (QED) is 0.722. The summed E-state index contributed by atoms with van der Waals surface area (Å²) in [4.78, 5) is 27.1. The van der Waals surface area contributed by atoms with Crippen LogP contribution in [0.2, 0.25) is 0 Å². The predicted octanol–water partition coefficient (Wildman–Crippen LogP) is 1.33. The summed E-state index contributed by atoms with van der Waals surface area (Å²) >= 11 is 0. The summed E-state index contributed by atoms with van der Waals surface area (Å²) < 4.78 is 23.4. The highest BCUT2D eigenvalue weighted by atomic mass is 32.2. The van der Waals surface area contributed by atoms with Gasteiger partial charge in [0.15, 0.2) is 9.84 Å². The SMILES string of the molecule is O=C(C1=NN([C@H]2CCS(=O)(=O)C2)C(=O)CC1)N1CCC2(CCCCC2)C1. The maximum atomic E-state index is 13.0. The molecule has 0 bridgehead atoms. The van der Waals surface area contributed by atoms with E-state index in [1.807, 2.05) is 4.90 Å². The Morgan fingerprint density at radius 3 is 2.58 bits per heavy atom. The number of likely N-dealkylation sites (tertiary alicyclic amines) is 1. The Morgan fingerprint density at radius 2 is 1.88 bits per heavy atom. The van der Waals surface area contributed by atoms with Crippen molar-refractivity contribution in [1.29, 1.82) is 0 Å². The molecule has 0 N–H and O–H groups in total. The monoisotopic (exact) mass is 381 g/mol. The van der Waals surface area contributed by atoms with Gasteiger partial charge in [-0.1, -0.05) is 19.3 Å². The van der Waals surface area contributed by atoms with E-state index in [0.29, 0.717) is 18.6 Å². The molecule has 3 fully saturated rings. The van der Waals surface area contributed by atoms with Gasteiger partial charge in [0.25, 0.3) is 5.91 Å². The lowest BCUT2D eigenvalue weighted by Gasteiger charge is -2.33. The zero-order chi connectivity index (χ0) is 18.4. The molecule has 7 nitrogen and oxygen atoms in total. The first-order valence-corrected chi connectivity index (χ1v) is 11.6. The van der Waals surface area contributed by atoms with Gasteiger partial charge in [0.2, 0.25) is 5.91 Å². The number of amides is 2. The van der Waals surface area contributed by atoms with Crippen LogP contribution in [0.25, 0.3) is 0 Å². The van der Waals surface area contributed by atoms with Gasteiger partial charge in [-0.05, 0) is 31.1 Å². The molecule has 2 saturated heterocycles. The molecular formula is C18H27N3O4S. The van der Waals surface area contributed by atoms with Gasteiger partial charge in [0.05, 0.1) is 17.5 Å². The first-order chi connectivity index (χ1) is 12.4. The fourth-order valence-corrected chi connectivity index (χ4v) is 6.67. The van der Waals surface area contributed by atoms with Crippen molar-refractivity contribution in [1.82, 2.24) is 9.91 Å². The molecule has 1 aliphatic carbocycles.